The van der Waals surface area contributed by atoms with E-state index in [4.69, 9.17) is 10.5 Å². The zero-order valence-corrected chi connectivity index (χ0v) is 16.1. The molecule has 0 aliphatic heterocycles. The van der Waals surface area contributed by atoms with Crippen LogP contribution >= 0.6 is 0 Å². The zero-order valence-electron chi connectivity index (χ0n) is 16.1. The minimum absolute atomic E-state index is 0.224. The van der Waals surface area contributed by atoms with Crippen LogP contribution in [0.25, 0.3) is 11.1 Å². The van der Waals surface area contributed by atoms with Crippen molar-refractivity contribution in [3.05, 3.63) is 41.1 Å². The second-order valence-electron chi connectivity index (χ2n) is 8.05. The first kappa shape index (κ1) is 18.3. The van der Waals surface area contributed by atoms with Gasteiger partial charge in [0.05, 0.1) is 6.61 Å². The van der Waals surface area contributed by atoms with Crippen LogP contribution < -0.4 is 10.5 Å². The number of pyridine rings is 1. The molecule has 0 spiro atoms. The topological polar surface area (TPSA) is 71.9 Å². The number of nitrogens with zero attached hydrogens (tertiary/aromatic N) is 2. The fraction of sp³-hybridized carbons (Fsp3) is 0.455. The first-order chi connectivity index (χ1) is 12.3. The molecule has 1 aliphatic carbocycles. The number of benzene rings is 1. The Hall–Kier alpha value is -2.54. The van der Waals surface area contributed by atoms with Gasteiger partial charge in [-0.15, -0.1) is 0 Å². The Labute approximate surface area is 156 Å². The molecule has 0 saturated carbocycles. The Bertz CT molecular complexity index is 842. The van der Waals surface area contributed by atoms with Gasteiger partial charge in [0.15, 0.2) is 0 Å². The number of anilines is 1. The van der Waals surface area contributed by atoms with Crippen LogP contribution in [0, 0.1) is 22.7 Å². The van der Waals surface area contributed by atoms with E-state index in [9.17, 15) is 5.26 Å². The standard InChI is InChI=1S/C22H27N3O/c1-5-26-16-9-6-14(7-10-16)20-17-12-15(22(2,3)4)8-11-19(17)25-21(24)18(20)13-23/h6-7,9-10,15H,5,8,11-12H2,1-4H3,(H2,24,25). The van der Waals surface area contributed by atoms with Crippen LogP contribution in [0.3, 0.4) is 0 Å². The summed E-state index contributed by atoms with van der Waals surface area (Å²) in [5.41, 5.74) is 11.0. The summed E-state index contributed by atoms with van der Waals surface area (Å²) in [6, 6.07) is 10.2. The second kappa shape index (κ2) is 6.99. The first-order valence-corrected chi connectivity index (χ1v) is 9.29. The monoisotopic (exact) mass is 349 g/mol. The number of hydrogen-bond acceptors (Lipinski definition) is 4. The van der Waals surface area contributed by atoms with Crippen LogP contribution in [0.2, 0.25) is 0 Å². The third-order valence-electron chi connectivity index (χ3n) is 5.38. The summed E-state index contributed by atoms with van der Waals surface area (Å²) in [6.45, 7) is 9.46. The summed E-state index contributed by atoms with van der Waals surface area (Å²) in [5, 5.41) is 9.73. The molecule has 0 bridgehead atoms. The highest BCUT2D eigenvalue weighted by Crippen LogP contribution is 2.42. The molecule has 2 N–H and O–H groups in total. The van der Waals surface area contributed by atoms with E-state index in [1.165, 1.54) is 5.56 Å². The molecule has 4 nitrogen and oxygen atoms in total. The molecule has 1 aromatic carbocycles. The molecule has 1 unspecified atom stereocenters. The molecule has 1 aliphatic rings. The van der Waals surface area contributed by atoms with Crippen molar-refractivity contribution >= 4 is 5.82 Å². The largest absolute Gasteiger partial charge is 0.494 e. The number of fused-ring (bicyclic) bond motifs is 1. The lowest BCUT2D eigenvalue weighted by molar-refractivity contribution is 0.215. The number of aromatic nitrogens is 1. The Morgan fingerprint density at radius 3 is 2.54 bits per heavy atom. The molecule has 1 aromatic heterocycles. The van der Waals surface area contributed by atoms with Gasteiger partial charge in [0.25, 0.3) is 0 Å². The molecular weight excluding hydrogens is 322 g/mol. The maximum atomic E-state index is 9.73. The average molecular weight is 349 g/mol. The molecule has 26 heavy (non-hydrogen) atoms. The van der Waals surface area contributed by atoms with E-state index < -0.39 is 0 Å². The van der Waals surface area contributed by atoms with Crippen molar-refractivity contribution in [2.45, 2.75) is 47.0 Å². The van der Waals surface area contributed by atoms with Crippen molar-refractivity contribution in [2.75, 3.05) is 12.3 Å². The van der Waals surface area contributed by atoms with Gasteiger partial charge in [0.1, 0.15) is 23.2 Å². The quantitative estimate of drug-likeness (QED) is 0.868. The highest BCUT2D eigenvalue weighted by molar-refractivity contribution is 5.79. The molecular formula is C22H27N3O. The number of nitriles is 1. The lowest BCUT2D eigenvalue weighted by Gasteiger charge is -2.35. The first-order valence-electron chi connectivity index (χ1n) is 9.29. The van der Waals surface area contributed by atoms with E-state index >= 15 is 0 Å². The smallest absolute Gasteiger partial charge is 0.142 e. The lowest BCUT2D eigenvalue weighted by Crippen LogP contribution is -2.28. The van der Waals surface area contributed by atoms with Crippen LogP contribution in [0.15, 0.2) is 24.3 Å². The van der Waals surface area contributed by atoms with Crippen molar-refractivity contribution in [2.24, 2.45) is 11.3 Å². The minimum Gasteiger partial charge on any atom is -0.494 e. The van der Waals surface area contributed by atoms with Crippen molar-refractivity contribution < 1.29 is 4.74 Å². The number of ether oxygens (including phenoxy) is 1. The van der Waals surface area contributed by atoms with Crippen LogP contribution in [0.1, 0.15) is 50.9 Å². The van der Waals surface area contributed by atoms with Crippen molar-refractivity contribution in [3.63, 3.8) is 0 Å². The van der Waals surface area contributed by atoms with Gasteiger partial charge in [-0.05, 0) is 60.8 Å². The SMILES string of the molecule is CCOc1ccc(-c2c(C#N)c(N)nc3c2CC(C(C)(C)C)CC3)cc1. The summed E-state index contributed by atoms with van der Waals surface area (Å²) in [4.78, 5) is 4.56. The van der Waals surface area contributed by atoms with E-state index in [0.717, 1.165) is 41.8 Å². The van der Waals surface area contributed by atoms with Gasteiger partial charge in [-0.2, -0.15) is 5.26 Å². The average Bonchev–Trinajstić information content (AvgIpc) is 2.60. The van der Waals surface area contributed by atoms with E-state index in [0.29, 0.717) is 23.9 Å². The molecule has 1 atom stereocenters. The summed E-state index contributed by atoms with van der Waals surface area (Å²) >= 11 is 0. The Kier molecular flexibility index (Phi) is 4.91. The highest BCUT2D eigenvalue weighted by atomic mass is 16.5. The van der Waals surface area contributed by atoms with E-state index in [1.807, 2.05) is 31.2 Å². The molecule has 0 fully saturated rings. The summed E-state index contributed by atoms with van der Waals surface area (Å²) in [7, 11) is 0. The molecule has 0 saturated heterocycles. The summed E-state index contributed by atoms with van der Waals surface area (Å²) in [5.74, 6) is 1.73. The summed E-state index contributed by atoms with van der Waals surface area (Å²) < 4.78 is 5.55. The number of hydrogen-bond donors (Lipinski definition) is 1. The highest BCUT2D eigenvalue weighted by Gasteiger charge is 2.32. The second-order valence-corrected chi connectivity index (χ2v) is 8.05. The Balaban J connectivity index is 2.14. The maximum Gasteiger partial charge on any atom is 0.142 e. The normalized spacial score (nSPS) is 16.7. The Morgan fingerprint density at radius 2 is 1.96 bits per heavy atom. The van der Waals surface area contributed by atoms with Crippen molar-refractivity contribution in [1.82, 2.24) is 4.98 Å². The number of rotatable bonds is 3. The van der Waals surface area contributed by atoms with Gasteiger partial charge in [-0.25, -0.2) is 4.98 Å². The third-order valence-corrected chi connectivity index (χ3v) is 5.38. The number of nitrogen functional groups attached to an aromatic ring is 1. The van der Waals surface area contributed by atoms with Gasteiger partial charge in [-0.1, -0.05) is 32.9 Å². The molecule has 136 valence electrons. The van der Waals surface area contributed by atoms with Crippen molar-refractivity contribution in [1.29, 1.82) is 5.26 Å². The Morgan fingerprint density at radius 1 is 1.27 bits per heavy atom. The van der Waals surface area contributed by atoms with Gasteiger partial charge < -0.3 is 10.5 Å². The van der Waals surface area contributed by atoms with Crippen LogP contribution in [0.4, 0.5) is 5.82 Å². The summed E-state index contributed by atoms with van der Waals surface area (Å²) in [6.07, 6.45) is 2.96. The van der Waals surface area contributed by atoms with Crippen LogP contribution in [-0.4, -0.2) is 11.6 Å². The van der Waals surface area contributed by atoms with E-state index in [-0.39, 0.29) is 5.41 Å². The molecule has 3 rings (SSSR count). The fourth-order valence-corrected chi connectivity index (χ4v) is 3.83. The minimum atomic E-state index is 0.224. The van der Waals surface area contributed by atoms with Gasteiger partial charge >= 0.3 is 0 Å². The van der Waals surface area contributed by atoms with Gasteiger partial charge in [0.2, 0.25) is 0 Å². The molecule has 4 heteroatoms. The molecule has 2 aromatic rings. The van der Waals surface area contributed by atoms with E-state index in [1.54, 1.807) is 0 Å². The predicted octanol–water partition coefficient (Wildman–Crippen LogP) is 4.75. The lowest BCUT2D eigenvalue weighted by atomic mass is 9.70. The predicted molar refractivity (Wildman–Crippen MR) is 105 cm³/mol. The molecule has 0 amide bonds. The van der Waals surface area contributed by atoms with Crippen LogP contribution in [-0.2, 0) is 12.8 Å². The maximum absolute atomic E-state index is 9.73. The van der Waals surface area contributed by atoms with E-state index in [2.05, 4.69) is 31.8 Å². The zero-order chi connectivity index (χ0) is 18.9. The van der Waals surface area contributed by atoms with Gasteiger partial charge in [0, 0.05) is 11.3 Å². The molecule has 0 radical (unpaired) electrons. The molecule has 1 heterocycles. The third kappa shape index (κ3) is 3.39. The number of aryl methyl sites for hydroxylation is 1. The number of nitrogens with two attached hydrogens (primary N) is 1. The fourth-order valence-electron chi connectivity index (χ4n) is 3.83. The van der Waals surface area contributed by atoms with Crippen LogP contribution in [0.5, 0.6) is 5.75 Å². The van der Waals surface area contributed by atoms with Gasteiger partial charge in [-0.3, -0.25) is 0 Å². The van der Waals surface area contributed by atoms with Crippen molar-refractivity contribution in [3.8, 4) is 22.9 Å².